The lowest BCUT2D eigenvalue weighted by molar-refractivity contribution is -0.153. The summed E-state index contributed by atoms with van der Waals surface area (Å²) in [5.74, 6) is -0.368. The van der Waals surface area contributed by atoms with Crippen molar-refractivity contribution in [3.63, 3.8) is 0 Å². The van der Waals surface area contributed by atoms with Crippen molar-refractivity contribution in [2.45, 2.75) is 39.7 Å². The Morgan fingerprint density at radius 2 is 2.12 bits per heavy atom. The number of carbonyl (C=O) groups excluding carboxylic acids is 1. The molecule has 0 aromatic rings. The lowest BCUT2D eigenvalue weighted by atomic mass is 9.91. The van der Waals surface area contributed by atoms with Crippen LogP contribution in [0.1, 0.15) is 34.1 Å². The van der Waals surface area contributed by atoms with E-state index in [4.69, 9.17) is 10.5 Å². The predicted octanol–water partition coefficient (Wildman–Crippen LogP) is 0.999. The fraction of sp³-hybridized carbons (Fsp3) is 0.917. The van der Waals surface area contributed by atoms with Gasteiger partial charge in [-0.3, -0.25) is 9.69 Å². The second-order valence-electron chi connectivity index (χ2n) is 6.03. The van der Waals surface area contributed by atoms with Gasteiger partial charge < -0.3 is 10.5 Å². The first kappa shape index (κ1) is 13.5. The number of primary amides is 1. The van der Waals surface area contributed by atoms with E-state index in [-0.39, 0.29) is 5.91 Å². The van der Waals surface area contributed by atoms with Crippen LogP contribution in [0.15, 0.2) is 0 Å². The van der Waals surface area contributed by atoms with Gasteiger partial charge in [0.2, 0.25) is 0 Å². The minimum absolute atomic E-state index is 0.321. The van der Waals surface area contributed by atoms with Gasteiger partial charge in [0, 0.05) is 13.1 Å². The summed E-state index contributed by atoms with van der Waals surface area (Å²) in [5.41, 5.74) is 4.87. The molecule has 1 fully saturated rings. The zero-order valence-corrected chi connectivity index (χ0v) is 10.9. The van der Waals surface area contributed by atoms with E-state index in [0.29, 0.717) is 18.6 Å². The average Bonchev–Trinajstić information content (AvgIpc) is 2.14. The molecule has 1 amide bonds. The number of morpholine rings is 1. The Morgan fingerprint density at radius 3 is 2.62 bits per heavy atom. The molecule has 4 heteroatoms. The third-order valence-corrected chi connectivity index (χ3v) is 3.05. The highest BCUT2D eigenvalue weighted by Crippen LogP contribution is 2.22. The summed E-state index contributed by atoms with van der Waals surface area (Å²) in [7, 11) is 0. The van der Waals surface area contributed by atoms with Crippen LogP contribution in [-0.4, -0.2) is 42.6 Å². The van der Waals surface area contributed by atoms with E-state index in [1.165, 1.54) is 0 Å². The van der Waals surface area contributed by atoms with Gasteiger partial charge in [-0.05, 0) is 25.3 Å². The van der Waals surface area contributed by atoms with Crippen LogP contribution < -0.4 is 5.73 Å². The highest BCUT2D eigenvalue weighted by molar-refractivity contribution is 5.83. The van der Waals surface area contributed by atoms with E-state index in [9.17, 15) is 4.79 Å². The summed E-state index contributed by atoms with van der Waals surface area (Å²) in [6.07, 6.45) is 1.11. The molecular weight excluding hydrogens is 204 g/mol. The lowest BCUT2D eigenvalue weighted by Crippen LogP contribution is -2.57. The van der Waals surface area contributed by atoms with E-state index >= 15 is 0 Å². The topological polar surface area (TPSA) is 55.6 Å². The normalized spacial score (nSPS) is 28.0. The van der Waals surface area contributed by atoms with Crippen LogP contribution in [0.3, 0.4) is 0 Å². The number of nitrogens with two attached hydrogens (primary N) is 1. The van der Waals surface area contributed by atoms with Gasteiger partial charge in [-0.2, -0.15) is 0 Å². The molecule has 0 bridgehead atoms. The number of hydrogen-bond acceptors (Lipinski definition) is 3. The number of carbonyl (C=O) groups is 1. The quantitative estimate of drug-likeness (QED) is 0.784. The zero-order chi connectivity index (χ0) is 12.4. The first-order valence-electron chi connectivity index (χ1n) is 5.89. The van der Waals surface area contributed by atoms with E-state index in [1.54, 1.807) is 6.92 Å². The number of hydrogen-bond donors (Lipinski definition) is 1. The van der Waals surface area contributed by atoms with Gasteiger partial charge in [0.25, 0.3) is 5.91 Å². The maximum atomic E-state index is 11.3. The molecule has 2 N–H and O–H groups in total. The molecule has 1 aliphatic rings. The second-order valence-corrected chi connectivity index (χ2v) is 6.03. The summed E-state index contributed by atoms with van der Waals surface area (Å²) in [5, 5.41) is 0. The lowest BCUT2D eigenvalue weighted by Gasteiger charge is -2.39. The van der Waals surface area contributed by atoms with Crippen molar-refractivity contribution < 1.29 is 9.53 Å². The molecule has 0 aliphatic carbocycles. The Kier molecular flexibility index (Phi) is 3.97. The molecule has 0 radical (unpaired) electrons. The largest absolute Gasteiger partial charge is 0.367 e. The van der Waals surface area contributed by atoms with Crippen LogP contribution in [0.5, 0.6) is 0 Å². The highest BCUT2D eigenvalue weighted by Gasteiger charge is 2.37. The van der Waals surface area contributed by atoms with Crippen LogP contribution in [0.2, 0.25) is 0 Å². The van der Waals surface area contributed by atoms with Gasteiger partial charge in [0.1, 0.15) is 0 Å². The molecule has 1 rings (SSSR count). The summed E-state index contributed by atoms with van der Waals surface area (Å²) < 4.78 is 5.47. The number of ether oxygens (including phenoxy) is 1. The van der Waals surface area contributed by atoms with Crippen molar-refractivity contribution in [3.05, 3.63) is 0 Å². The molecule has 1 unspecified atom stereocenters. The van der Waals surface area contributed by atoms with Gasteiger partial charge in [0.05, 0.1) is 6.61 Å². The van der Waals surface area contributed by atoms with Gasteiger partial charge >= 0.3 is 0 Å². The van der Waals surface area contributed by atoms with Crippen LogP contribution >= 0.6 is 0 Å². The Balaban J connectivity index is 2.48. The van der Waals surface area contributed by atoms with Crippen molar-refractivity contribution in [1.82, 2.24) is 4.90 Å². The molecule has 1 saturated heterocycles. The summed E-state index contributed by atoms with van der Waals surface area (Å²) in [4.78, 5) is 13.6. The first-order valence-corrected chi connectivity index (χ1v) is 5.89. The molecule has 1 aliphatic heterocycles. The number of amides is 1. The average molecular weight is 228 g/mol. The van der Waals surface area contributed by atoms with Gasteiger partial charge in [0.15, 0.2) is 5.60 Å². The van der Waals surface area contributed by atoms with Crippen molar-refractivity contribution in [2.75, 3.05) is 26.2 Å². The van der Waals surface area contributed by atoms with E-state index < -0.39 is 5.60 Å². The highest BCUT2D eigenvalue weighted by atomic mass is 16.5. The second kappa shape index (κ2) is 4.72. The van der Waals surface area contributed by atoms with Crippen LogP contribution in [-0.2, 0) is 9.53 Å². The van der Waals surface area contributed by atoms with Crippen LogP contribution in [0.4, 0.5) is 0 Å². The molecule has 1 heterocycles. The predicted molar refractivity (Wildman–Crippen MR) is 64.1 cm³/mol. The maximum absolute atomic E-state index is 11.3. The standard InChI is InChI=1S/C12H24N2O2/c1-11(2,3)5-6-14-7-8-16-12(4,9-14)10(13)15/h5-9H2,1-4H3,(H2,13,15). The van der Waals surface area contributed by atoms with Crippen LogP contribution in [0.25, 0.3) is 0 Å². The molecule has 0 aromatic heterocycles. The Morgan fingerprint density at radius 1 is 1.50 bits per heavy atom. The summed E-state index contributed by atoms with van der Waals surface area (Å²) in [6, 6.07) is 0. The molecule has 0 aromatic carbocycles. The molecule has 1 atom stereocenters. The fourth-order valence-electron chi connectivity index (χ4n) is 1.78. The van der Waals surface area contributed by atoms with Crippen molar-refractivity contribution in [1.29, 1.82) is 0 Å². The van der Waals surface area contributed by atoms with Crippen molar-refractivity contribution in [2.24, 2.45) is 11.1 Å². The van der Waals surface area contributed by atoms with Crippen molar-refractivity contribution in [3.8, 4) is 0 Å². The van der Waals surface area contributed by atoms with Crippen molar-refractivity contribution >= 4 is 5.91 Å². The minimum Gasteiger partial charge on any atom is -0.367 e. The Hall–Kier alpha value is -0.610. The van der Waals surface area contributed by atoms with Crippen LogP contribution in [0, 0.1) is 5.41 Å². The van der Waals surface area contributed by atoms with E-state index in [1.807, 2.05) is 0 Å². The van der Waals surface area contributed by atoms with Gasteiger partial charge in [-0.1, -0.05) is 20.8 Å². The van der Waals surface area contributed by atoms with Gasteiger partial charge in [-0.15, -0.1) is 0 Å². The first-order chi connectivity index (χ1) is 7.23. The Labute approximate surface area is 98.1 Å². The number of nitrogens with zero attached hydrogens (tertiary/aromatic N) is 1. The minimum atomic E-state index is -0.809. The van der Waals surface area contributed by atoms with E-state index in [0.717, 1.165) is 19.5 Å². The fourth-order valence-corrected chi connectivity index (χ4v) is 1.78. The third kappa shape index (κ3) is 3.76. The molecule has 4 nitrogen and oxygen atoms in total. The van der Waals surface area contributed by atoms with E-state index in [2.05, 4.69) is 25.7 Å². The SMILES string of the molecule is CC(C)(C)CCN1CCOC(C)(C(N)=O)C1. The summed E-state index contributed by atoms with van der Waals surface area (Å²) >= 11 is 0. The molecule has 0 spiro atoms. The number of rotatable bonds is 3. The summed E-state index contributed by atoms with van der Waals surface area (Å²) in [6.45, 7) is 11.5. The molecule has 0 saturated carbocycles. The monoisotopic (exact) mass is 228 g/mol. The smallest absolute Gasteiger partial charge is 0.250 e. The maximum Gasteiger partial charge on any atom is 0.250 e. The zero-order valence-electron chi connectivity index (χ0n) is 10.9. The van der Waals surface area contributed by atoms with Gasteiger partial charge in [-0.25, -0.2) is 0 Å². The third-order valence-electron chi connectivity index (χ3n) is 3.05. The Bertz CT molecular complexity index is 260. The molecule has 16 heavy (non-hydrogen) atoms. The molecular formula is C12H24N2O2. The molecule has 94 valence electrons.